The van der Waals surface area contributed by atoms with Gasteiger partial charge in [-0.05, 0) is 50.5 Å². The van der Waals surface area contributed by atoms with Gasteiger partial charge in [0.25, 0.3) is 5.91 Å². The molecule has 2 saturated heterocycles. The molecule has 35 heavy (non-hydrogen) atoms. The number of anilines is 1. The number of ether oxygens (including phenoxy) is 1. The quantitative estimate of drug-likeness (QED) is 0.612. The number of carbonyl (C=O) groups excluding carboxylic acids is 1. The van der Waals surface area contributed by atoms with Gasteiger partial charge >= 0.3 is 0 Å². The first-order chi connectivity index (χ1) is 16.8. The standard InChI is InChI=1S/C24H34N6O4S/c1-18(22-26-17-21(24(31)25-2)23(27-22)29-11-5-4-6-12-29)28-13-15-30(16-14-28)35(32,33)20-9-7-19(34-3)8-10-20/h7-10,17-18H,4-6,11-16H2,1-3H3,(H,25,31). The van der Waals surface area contributed by atoms with Crippen molar-refractivity contribution in [3.05, 3.63) is 41.9 Å². The third kappa shape index (κ3) is 5.41. The van der Waals surface area contributed by atoms with E-state index in [-0.39, 0.29) is 16.8 Å². The number of hydrogen-bond acceptors (Lipinski definition) is 8. The Morgan fingerprint density at radius 1 is 1.03 bits per heavy atom. The molecule has 0 bridgehead atoms. The topological polar surface area (TPSA) is 108 Å². The van der Waals surface area contributed by atoms with Crippen molar-refractivity contribution < 1.29 is 17.9 Å². The molecule has 0 saturated carbocycles. The van der Waals surface area contributed by atoms with E-state index >= 15 is 0 Å². The highest BCUT2D eigenvalue weighted by atomic mass is 32.2. The maximum absolute atomic E-state index is 13.1. The molecule has 1 atom stereocenters. The average molecular weight is 503 g/mol. The molecule has 2 fully saturated rings. The molecule has 10 nitrogen and oxygen atoms in total. The first-order valence-corrected chi connectivity index (χ1v) is 13.5. The first kappa shape index (κ1) is 25.3. The van der Waals surface area contributed by atoms with Crippen molar-refractivity contribution in [2.24, 2.45) is 0 Å². The van der Waals surface area contributed by atoms with Gasteiger partial charge in [-0.2, -0.15) is 4.31 Å². The van der Waals surface area contributed by atoms with Gasteiger partial charge < -0.3 is 15.0 Å². The maximum Gasteiger partial charge on any atom is 0.256 e. The average Bonchev–Trinajstić information content (AvgIpc) is 2.92. The van der Waals surface area contributed by atoms with Gasteiger partial charge in [-0.3, -0.25) is 9.69 Å². The van der Waals surface area contributed by atoms with Crippen molar-refractivity contribution >= 4 is 21.7 Å². The number of carbonyl (C=O) groups is 1. The molecule has 190 valence electrons. The van der Waals surface area contributed by atoms with Gasteiger partial charge in [0.1, 0.15) is 23.0 Å². The summed E-state index contributed by atoms with van der Waals surface area (Å²) in [7, 11) is -0.411. The molecule has 1 unspecified atom stereocenters. The van der Waals surface area contributed by atoms with Crippen LogP contribution in [0.4, 0.5) is 5.82 Å². The van der Waals surface area contributed by atoms with Gasteiger partial charge in [-0.15, -0.1) is 0 Å². The highest BCUT2D eigenvalue weighted by molar-refractivity contribution is 7.89. The second kappa shape index (κ2) is 10.9. The number of rotatable bonds is 7. The number of methoxy groups -OCH3 is 1. The second-order valence-corrected chi connectivity index (χ2v) is 10.8. The summed E-state index contributed by atoms with van der Waals surface area (Å²) in [5.74, 6) is 1.75. The predicted molar refractivity (Wildman–Crippen MR) is 133 cm³/mol. The molecule has 3 heterocycles. The molecule has 0 spiro atoms. The van der Waals surface area contributed by atoms with Crippen LogP contribution in [0.25, 0.3) is 0 Å². The number of piperidine rings is 1. The fraction of sp³-hybridized carbons (Fsp3) is 0.542. The van der Waals surface area contributed by atoms with Gasteiger partial charge in [0.05, 0.1) is 18.0 Å². The van der Waals surface area contributed by atoms with E-state index in [0.29, 0.717) is 49.1 Å². The number of hydrogen-bond donors (Lipinski definition) is 1. The van der Waals surface area contributed by atoms with E-state index in [4.69, 9.17) is 9.72 Å². The van der Waals surface area contributed by atoms with E-state index < -0.39 is 10.0 Å². The summed E-state index contributed by atoms with van der Waals surface area (Å²) in [6.45, 7) is 5.67. The monoisotopic (exact) mass is 502 g/mol. The molecule has 0 radical (unpaired) electrons. The van der Waals surface area contributed by atoms with Gasteiger partial charge in [0.15, 0.2) is 0 Å². The summed E-state index contributed by atoms with van der Waals surface area (Å²) >= 11 is 0. The Balaban J connectivity index is 1.47. The van der Waals surface area contributed by atoms with Crippen LogP contribution in [0.2, 0.25) is 0 Å². The molecule has 2 aliphatic rings. The van der Waals surface area contributed by atoms with Crippen molar-refractivity contribution in [2.75, 3.05) is 58.3 Å². The third-order valence-electron chi connectivity index (χ3n) is 6.81. The van der Waals surface area contributed by atoms with E-state index in [1.165, 1.54) is 10.7 Å². The smallest absolute Gasteiger partial charge is 0.256 e. The zero-order valence-electron chi connectivity index (χ0n) is 20.6. The van der Waals surface area contributed by atoms with Crippen LogP contribution in [0.5, 0.6) is 5.75 Å². The molecule has 1 N–H and O–H groups in total. The van der Waals surface area contributed by atoms with Gasteiger partial charge in [0.2, 0.25) is 10.0 Å². The number of nitrogens with one attached hydrogen (secondary N) is 1. The normalized spacial score (nSPS) is 18.8. The van der Waals surface area contributed by atoms with Crippen LogP contribution in [0.3, 0.4) is 0 Å². The second-order valence-electron chi connectivity index (χ2n) is 8.88. The molecular formula is C24H34N6O4S. The lowest BCUT2D eigenvalue weighted by Gasteiger charge is -2.37. The van der Waals surface area contributed by atoms with E-state index in [1.807, 2.05) is 6.92 Å². The lowest BCUT2D eigenvalue weighted by atomic mass is 10.1. The molecule has 4 rings (SSSR count). The SMILES string of the molecule is CNC(=O)c1cnc(C(C)N2CCN(S(=O)(=O)c3ccc(OC)cc3)CC2)nc1N1CCCCC1. The number of amides is 1. The summed E-state index contributed by atoms with van der Waals surface area (Å²) in [4.78, 5) is 26.4. The molecule has 2 aliphatic heterocycles. The van der Waals surface area contributed by atoms with Crippen LogP contribution in [0, 0.1) is 0 Å². The van der Waals surface area contributed by atoms with Gasteiger partial charge in [-0.25, -0.2) is 18.4 Å². The molecule has 0 aliphatic carbocycles. The summed E-state index contributed by atoms with van der Waals surface area (Å²) in [5, 5.41) is 2.69. The number of aromatic nitrogens is 2. The zero-order chi connectivity index (χ0) is 25.0. The van der Waals surface area contributed by atoms with Crippen LogP contribution in [-0.2, 0) is 10.0 Å². The van der Waals surface area contributed by atoms with Crippen LogP contribution in [0.1, 0.15) is 48.4 Å². The highest BCUT2D eigenvalue weighted by Gasteiger charge is 2.32. The summed E-state index contributed by atoms with van der Waals surface area (Å²) in [6.07, 6.45) is 4.95. The zero-order valence-corrected chi connectivity index (χ0v) is 21.4. The fourth-order valence-corrected chi connectivity index (χ4v) is 6.04. The minimum Gasteiger partial charge on any atom is -0.497 e. The minimum absolute atomic E-state index is 0.108. The van der Waals surface area contributed by atoms with Crippen molar-refractivity contribution in [3.8, 4) is 5.75 Å². The Kier molecular flexibility index (Phi) is 7.88. The Morgan fingerprint density at radius 2 is 1.69 bits per heavy atom. The number of benzene rings is 1. The summed E-state index contributed by atoms with van der Waals surface area (Å²) in [6, 6.07) is 6.36. The third-order valence-corrected chi connectivity index (χ3v) is 8.72. The van der Waals surface area contributed by atoms with Crippen LogP contribution >= 0.6 is 0 Å². The first-order valence-electron chi connectivity index (χ1n) is 12.1. The number of sulfonamides is 1. The molecule has 1 amide bonds. The molecule has 11 heteroatoms. The maximum atomic E-state index is 13.1. The van der Waals surface area contributed by atoms with E-state index in [2.05, 4.69) is 20.1 Å². The van der Waals surface area contributed by atoms with Gasteiger partial charge in [-0.1, -0.05) is 0 Å². The summed E-state index contributed by atoms with van der Waals surface area (Å²) < 4.78 is 32.8. The molecule has 1 aromatic heterocycles. The largest absolute Gasteiger partial charge is 0.497 e. The minimum atomic E-state index is -3.57. The van der Waals surface area contributed by atoms with Crippen molar-refractivity contribution in [3.63, 3.8) is 0 Å². The van der Waals surface area contributed by atoms with E-state index in [1.54, 1.807) is 44.6 Å². The molecule has 2 aromatic rings. The van der Waals surface area contributed by atoms with Crippen LogP contribution in [0.15, 0.2) is 35.4 Å². The van der Waals surface area contributed by atoms with Crippen molar-refractivity contribution in [1.82, 2.24) is 24.5 Å². The fourth-order valence-electron chi connectivity index (χ4n) is 4.62. The molecule has 1 aromatic carbocycles. The van der Waals surface area contributed by atoms with Crippen LogP contribution < -0.4 is 15.0 Å². The number of nitrogens with zero attached hydrogens (tertiary/aromatic N) is 5. The molecular weight excluding hydrogens is 468 g/mol. The Hall–Kier alpha value is -2.76. The predicted octanol–water partition coefficient (Wildman–Crippen LogP) is 1.90. The van der Waals surface area contributed by atoms with E-state index in [9.17, 15) is 13.2 Å². The van der Waals surface area contributed by atoms with E-state index in [0.717, 1.165) is 25.9 Å². The van der Waals surface area contributed by atoms with Crippen molar-refractivity contribution in [1.29, 1.82) is 0 Å². The van der Waals surface area contributed by atoms with Crippen molar-refractivity contribution in [2.45, 2.75) is 37.1 Å². The summed E-state index contributed by atoms with van der Waals surface area (Å²) in [5.41, 5.74) is 0.487. The Labute approximate surface area is 207 Å². The lowest BCUT2D eigenvalue weighted by molar-refractivity contribution is 0.0962. The highest BCUT2D eigenvalue weighted by Crippen LogP contribution is 2.27. The van der Waals surface area contributed by atoms with Crippen LogP contribution in [-0.4, -0.2) is 86.9 Å². The Morgan fingerprint density at radius 3 is 2.29 bits per heavy atom. The number of piperazine rings is 1. The van der Waals surface area contributed by atoms with Gasteiger partial charge in [0, 0.05) is 52.5 Å². The Bertz CT molecular complexity index is 1130. The lowest BCUT2D eigenvalue weighted by Crippen LogP contribution is -2.49.